The van der Waals surface area contributed by atoms with E-state index in [1.54, 1.807) is 0 Å². The minimum atomic E-state index is -1.06. The van der Waals surface area contributed by atoms with E-state index in [9.17, 15) is 9.59 Å². The van der Waals surface area contributed by atoms with Gasteiger partial charge >= 0.3 is 5.97 Å². The van der Waals surface area contributed by atoms with E-state index in [4.69, 9.17) is 14.6 Å². The van der Waals surface area contributed by atoms with Gasteiger partial charge in [-0.2, -0.15) is 0 Å². The first-order chi connectivity index (χ1) is 9.47. The average Bonchev–Trinajstić information content (AvgIpc) is 2.36. The van der Waals surface area contributed by atoms with Gasteiger partial charge in [-0.05, 0) is 19.8 Å². The molecular formula is C14H29AlO5. The van der Waals surface area contributed by atoms with Crippen molar-refractivity contribution in [2.45, 2.75) is 64.4 Å². The minimum absolute atomic E-state index is 0.0877. The Morgan fingerprint density at radius 2 is 1.55 bits per heavy atom. The molecule has 0 bridgehead atoms. The van der Waals surface area contributed by atoms with Crippen LogP contribution in [-0.4, -0.2) is 52.7 Å². The van der Waals surface area contributed by atoms with Gasteiger partial charge in [-0.25, -0.2) is 0 Å². The Hall–Kier alpha value is -0.408. The van der Waals surface area contributed by atoms with Crippen molar-refractivity contribution in [2.75, 3.05) is 13.2 Å². The van der Waals surface area contributed by atoms with Crippen LogP contribution in [0.3, 0.4) is 0 Å². The summed E-state index contributed by atoms with van der Waals surface area (Å²) in [5.41, 5.74) is 0. The number of Topliss-reactive ketones (excluding diaryl/α,β-unsaturated/α-hetero) is 1. The molecule has 1 N–H and O–H groups in total. The molecule has 0 aromatic carbocycles. The number of ether oxygens (including phenoxy) is 2. The lowest BCUT2D eigenvalue weighted by molar-refractivity contribution is -0.139. The van der Waals surface area contributed by atoms with Gasteiger partial charge in [0.25, 0.3) is 0 Å². The van der Waals surface area contributed by atoms with Crippen molar-refractivity contribution < 1.29 is 24.2 Å². The van der Waals surface area contributed by atoms with Crippen LogP contribution in [0.5, 0.6) is 0 Å². The molecule has 0 spiro atoms. The van der Waals surface area contributed by atoms with E-state index in [1.165, 1.54) is 19.8 Å². The van der Waals surface area contributed by atoms with Crippen molar-refractivity contribution >= 4 is 28.0 Å². The van der Waals surface area contributed by atoms with Gasteiger partial charge in [0.1, 0.15) is 18.5 Å². The molecule has 0 aromatic heterocycles. The quantitative estimate of drug-likeness (QED) is 0.274. The van der Waals surface area contributed by atoms with E-state index >= 15 is 0 Å². The molecule has 0 atom stereocenters. The first-order valence-electron chi connectivity index (χ1n) is 7.42. The van der Waals surface area contributed by atoms with Crippen LogP contribution in [0.4, 0.5) is 0 Å². The lowest BCUT2D eigenvalue weighted by atomic mass is 10.3. The summed E-state index contributed by atoms with van der Waals surface area (Å²) in [5, 5.41) is 8.95. The summed E-state index contributed by atoms with van der Waals surface area (Å²) in [5.74, 6) is -1.37. The van der Waals surface area contributed by atoms with Gasteiger partial charge in [0, 0.05) is 13.2 Å². The van der Waals surface area contributed by atoms with Gasteiger partial charge in [0.2, 0.25) is 16.3 Å². The van der Waals surface area contributed by atoms with Crippen LogP contribution in [0.25, 0.3) is 0 Å². The average molecular weight is 304 g/mol. The number of aliphatic carboxylic acids is 1. The number of unbranched alkanes of at least 4 members (excludes halogenated alkanes) is 2. The zero-order chi connectivity index (χ0) is 15.8. The van der Waals surface area contributed by atoms with Crippen molar-refractivity contribution in [3.05, 3.63) is 0 Å². The first kappa shape index (κ1) is 21.9. The summed E-state index contributed by atoms with van der Waals surface area (Å²) in [6, 6.07) is 0. The fraction of sp³-hybridized carbons (Fsp3) is 0.857. The second-order valence-electron chi connectivity index (χ2n) is 4.56. The molecule has 0 aliphatic rings. The maximum Gasteiger partial charge on any atom is 0.310 e. The number of hydrogen-bond acceptors (Lipinski definition) is 4. The molecule has 0 aliphatic carbocycles. The molecule has 0 fully saturated rings. The lowest BCUT2D eigenvalue weighted by Crippen LogP contribution is -2.18. The van der Waals surface area contributed by atoms with Crippen LogP contribution in [0.2, 0.25) is 5.28 Å². The number of carbonyl (C=O) groups is 2. The highest BCUT2D eigenvalue weighted by molar-refractivity contribution is 6.08. The van der Waals surface area contributed by atoms with Crippen molar-refractivity contribution in [2.24, 2.45) is 0 Å². The van der Waals surface area contributed by atoms with Crippen molar-refractivity contribution in [1.82, 2.24) is 0 Å². The maximum atomic E-state index is 9.87. The summed E-state index contributed by atoms with van der Waals surface area (Å²) in [6.45, 7) is 7.31. The van der Waals surface area contributed by atoms with Gasteiger partial charge in [-0.1, -0.05) is 32.0 Å². The van der Waals surface area contributed by atoms with E-state index in [0.717, 1.165) is 47.6 Å². The van der Waals surface area contributed by atoms with Crippen molar-refractivity contribution in [3.8, 4) is 0 Å². The molecule has 0 aromatic rings. The van der Waals surface area contributed by atoms with Crippen LogP contribution >= 0.6 is 0 Å². The molecule has 118 valence electrons. The standard InChI is InChI=1S/C10H21O2.C4H6O3.Al.2H/c1-4-6-8-11-10(3)12-9-7-5-2;1-3(5)2-4(6)7;;;/h10H,3-9H2,1-2H3;2H2,1H3,(H,6,7);;;. The van der Waals surface area contributed by atoms with E-state index in [2.05, 4.69) is 13.8 Å². The molecule has 20 heavy (non-hydrogen) atoms. The Morgan fingerprint density at radius 1 is 1.10 bits per heavy atom. The van der Waals surface area contributed by atoms with Crippen LogP contribution < -0.4 is 0 Å². The number of rotatable bonds is 11. The SMILES string of the molecule is CC(=O)CC(=O)O.CCCCOC([CH2][AlH2])OCCCC. The molecule has 0 heterocycles. The zero-order valence-electron chi connectivity index (χ0n) is 13.3. The number of carbonyl (C=O) groups excluding carboxylic acids is 1. The van der Waals surface area contributed by atoms with Crippen LogP contribution in [-0.2, 0) is 19.1 Å². The summed E-state index contributed by atoms with van der Waals surface area (Å²) in [4.78, 5) is 19.5. The Balaban J connectivity index is 0. The molecule has 6 heteroatoms. The van der Waals surface area contributed by atoms with Gasteiger partial charge in [-0.15, -0.1) is 0 Å². The molecular weight excluding hydrogens is 275 g/mol. The molecule has 0 saturated carbocycles. The summed E-state index contributed by atoms with van der Waals surface area (Å²) < 4.78 is 11.2. The Kier molecular flexibility index (Phi) is 18.2. The molecule has 0 unspecified atom stereocenters. The maximum absolute atomic E-state index is 9.87. The number of carboxylic acid groups (broad SMARTS) is 1. The highest BCUT2D eigenvalue weighted by Crippen LogP contribution is 2.02. The second kappa shape index (κ2) is 16.6. The van der Waals surface area contributed by atoms with Crippen molar-refractivity contribution in [1.29, 1.82) is 0 Å². The predicted molar refractivity (Wildman–Crippen MR) is 81.8 cm³/mol. The molecule has 0 radical (unpaired) electrons. The van der Waals surface area contributed by atoms with Gasteiger partial charge in [-0.3, -0.25) is 9.59 Å². The third-order valence-corrected chi connectivity index (χ3v) is 3.00. The fourth-order valence-electron chi connectivity index (χ4n) is 1.22. The first-order valence-corrected chi connectivity index (χ1v) is 8.83. The van der Waals surface area contributed by atoms with Crippen molar-refractivity contribution in [3.63, 3.8) is 0 Å². The molecule has 0 saturated heterocycles. The van der Waals surface area contributed by atoms with Crippen LogP contribution in [0, 0.1) is 0 Å². The second-order valence-corrected chi connectivity index (χ2v) is 5.38. The molecule has 0 amide bonds. The fourth-order valence-corrected chi connectivity index (χ4v) is 1.69. The largest absolute Gasteiger partial charge is 0.481 e. The molecule has 0 rings (SSSR count). The van der Waals surface area contributed by atoms with E-state index < -0.39 is 5.97 Å². The Bertz CT molecular complexity index is 224. The van der Waals surface area contributed by atoms with E-state index in [0.29, 0.717) is 0 Å². The highest BCUT2D eigenvalue weighted by atomic mass is 27.0. The third-order valence-electron chi connectivity index (χ3n) is 2.34. The normalized spacial score (nSPS) is 10.0. The van der Waals surface area contributed by atoms with Crippen LogP contribution in [0.15, 0.2) is 0 Å². The van der Waals surface area contributed by atoms with E-state index in [-0.39, 0.29) is 18.5 Å². The lowest BCUT2D eigenvalue weighted by Gasteiger charge is -2.16. The number of hydrogen-bond donors (Lipinski definition) is 1. The van der Waals surface area contributed by atoms with Gasteiger partial charge in [0.05, 0.1) is 0 Å². The summed E-state index contributed by atoms with van der Waals surface area (Å²) >= 11 is 1.16. The smallest absolute Gasteiger partial charge is 0.310 e. The zero-order valence-corrected chi connectivity index (χ0v) is 15.3. The summed E-state index contributed by atoms with van der Waals surface area (Å²) in [6.07, 6.45) is 4.42. The minimum Gasteiger partial charge on any atom is -0.481 e. The molecule has 5 nitrogen and oxygen atoms in total. The topological polar surface area (TPSA) is 72.8 Å². The van der Waals surface area contributed by atoms with Gasteiger partial charge < -0.3 is 14.6 Å². The number of ketones is 1. The third kappa shape index (κ3) is 19.9. The Morgan fingerprint density at radius 3 is 1.75 bits per heavy atom. The Labute approximate surface area is 130 Å². The van der Waals surface area contributed by atoms with E-state index in [1.807, 2.05) is 0 Å². The van der Waals surface area contributed by atoms with Gasteiger partial charge in [0.15, 0.2) is 0 Å². The summed E-state index contributed by atoms with van der Waals surface area (Å²) in [7, 11) is 0. The number of carboxylic acids is 1. The monoisotopic (exact) mass is 304 g/mol. The molecule has 0 aliphatic heterocycles. The predicted octanol–water partition coefficient (Wildman–Crippen LogP) is 2.05. The van der Waals surface area contributed by atoms with Crippen LogP contribution in [0.1, 0.15) is 52.9 Å². The highest BCUT2D eigenvalue weighted by Gasteiger charge is 2.04.